The predicted octanol–water partition coefficient (Wildman–Crippen LogP) is 3.19. The lowest BCUT2D eigenvalue weighted by molar-refractivity contribution is -0.192. The number of amidine groups is 1. The highest BCUT2D eigenvalue weighted by Crippen LogP contribution is 2.18. The van der Waals surface area contributed by atoms with Crippen molar-refractivity contribution in [3.8, 4) is 0 Å². The first kappa shape index (κ1) is 27.3. The van der Waals surface area contributed by atoms with Gasteiger partial charge in [0.1, 0.15) is 5.84 Å². The van der Waals surface area contributed by atoms with Crippen molar-refractivity contribution in [1.29, 1.82) is 5.41 Å². The summed E-state index contributed by atoms with van der Waals surface area (Å²) in [6, 6.07) is 15.4. The zero-order valence-electron chi connectivity index (χ0n) is 18.1. The van der Waals surface area contributed by atoms with Gasteiger partial charge in [-0.25, -0.2) is 4.79 Å². The summed E-state index contributed by atoms with van der Waals surface area (Å²) in [6.45, 7) is 1.50. The van der Waals surface area contributed by atoms with Crippen molar-refractivity contribution in [2.75, 3.05) is 30.8 Å². The van der Waals surface area contributed by atoms with Gasteiger partial charge in [-0.3, -0.25) is 10.2 Å². The molecule has 0 spiro atoms. The summed E-state index contributed by atoms with van der Waals surface area (Å²) < 4.78 is 36.5. The van der Waals surface area contributed by atoms with E-state index in [0.29, 0.717) is 24.9 Å². The SMILES string of the molecule is COC(=O)CCCN(CCc1ccc(N)cc1)c1cccc(C(=N)N)c1.O=C(O)C(F)(F)F. The highest BCUT2D eigenvalue weighted by atomic mass is 19.4. The van der Waals surface area contributed by atoms with Crippen LogP contribution in [0.3, 0.4) is 0 Å². The summed E-state index contributed by atoms with van der Waals surface area (Å²) in [6.07, 6.45) is -3.16. The van der Waals surface area contributed by atoms with Gasteiger partial charge in [-0.1, -0.05) is 24.3 Å². The first-order valence-corrected chi connectivity index (χ1v) is 9.84. The van der Waals surface area contributed by atoms with Crippen LogP contribution in [0.15, 0.2) is 48.5 Å². The maximum absolute atomic E-state index is 11.4. The van der Waals surface area contributed by atoms with Crippen LogP contribution >= 0.6 is 0 Å². The number of alkyl halides is 3. The number of carboxylic acid groups (broad SMARTS) is 1. The minimum atomic E-state index is -5.08. The maximum atomic E-state index is 11.4. The first-order chi connectivity index (χ1) is 15.4. The molecule has 0 saturated heterocycles. The molecular formula is C22H27F3N4O4. The second-order valence-corrected chi connectivity index (χ2v) is 6.93. The summed E-state index contributed by atoms with van der Waals surface area (Å²) in [5.74, 6) is -2.92. The summed E-state index contributed by atoms with van der Waals surface area (Å²) in [4.78, 5) is 22.5. The van der Waals surface area contributed by atoms with Gasteiger partial charge in [0.15, 0.2) is 0 Å². The molecule has 0 aromatic heterocycles. The van der Waals surface area contributed by atoms with Gasteiger partial charge >= 0.3 is 18.1 Å². The lowest BCUT2D eigenvalue weighted by Crippen LogP contribution is -2.28. The third-order valence-corrected chi connectivity index (χ3v) is 4.45. The van der Waals surface area contributed by atoms with E-state index in [1.54, 1.807) is 0 Å². The fourth-order valence-corrected chi connectivity index (χ4v) is 2.70. The number of carbonyl (C=O) groups is 2. The molecule has 0 radical (unpaired) electrons. The highest BCUT2D eigenvalue weighted by molar-refractivity contribution is 5.95. The second kappa shape index (κ2) is 12.9. The molecule has 33 heavy (non-hydrogen) atoms. The van der Waals surface area contributed by atoms with Gasteiger partial charge in [0, 0.05) is 36.4 Å². The molecule has 0 aliphatic heterocycles. The number of carbonyl (C=O) groups excluding carboxylic acids is 1. The Kier molecular flexibility index (Phi) is 10.7. The average Bonchev–Trinajstić information content (AvgIpc) is 2.76. The number of methoxy groups -OCH3 is 1. The smallest absolute Gasteiger partial charge is 0.475 e. The van der Waals surface area contributed by atoms with Gasteiger partial charge < -0.3 is 26.2 Å². The van der Waals surface area contributed by atoms with Gasteiger partial charge in [-0.05, 0) is 42.7 Å². The number of ether oxygens (including phenoxy) is 1. The number of esters is 1. The maximum Gasteiger partial charge on any atom is 0.490 e. The fraction of sp³-hybridized carbons (Fsp3) is 0.318. The van der Waals surface area contributed by atoms with Gasteiger partial charge in [-0.15, -0.1) is 0 Å². The van der Waals surface area contributed by atoms with Crippen LogP contribution in [0.25, 0.3) is 0 Å². The average molecular weight is 468 g/mol. The van der Waals surface area contributed by atoms with Gasteiger partial charge in [0.25, 0.3) is 0 Å². The molecule has 0 aliphatic carbocycles. The monoisotopic (exact) mass is 468 g/mol. The van der Waals surface area contributed by atoms with Crippen LogP contribution in [0.2, 0.25) is 0 Å². The van der Waals surface area contributed by atoms with E-state index < -0.39 is 12.1 Å². The topological polar surface area (TPSA) is 143 Å². The minimum Gasteiger partial charge on any atom is -0.475 e. The molecule has 0 unspecified atom stereocenters. The number of rotatable bonds is 9. The Morgan fingerprint density at radius 3 is 2.24 bits per heavy atom. The molecule has 0 saturated carbocycles. The third-order valence-electron chi connectivity index (χ3n) is 4.45. The Labute approximate surface area is 189 Å². The van der Waals surface area contributed by atoms with Crippen molar-refractivity contribution in [3.63, 3.8) is 0 Å². The number of nitrogens with two attached hydrogens (primary N) is 2. The molecule has 0 heterocycles. The lowest BCUT2D eigenvalue weighted by atomic mass is 10.1. The second-order valence-electron chi connectivity index (χ2n) is 6.93. The van der Waals surface area contributed by atoms with Crippen molar-refractivity contribution in [2.45, 2.75) is 25.4 Å². The number of anilines is 2. The first-order valence-electron chi connectivity index (χ1n) is 9.84. The predicted molar refractivity (Wildman–Crippen MR) is 119 cm³/mol. The van der Waals surface area contributed by atoms with Crippen LogP contribution in [-0.2, 0) is 20.7 Å². The molecule has 180 valence electrons. The Bertz CT molecular complexity index is 934. The van der Waals surface area contributed by atoms with E-state index in [2.05, 4.69) is 4.90 Å². The number of nitrogens with one attached hydrogen (secondary N) is 1. The molecule has 0 bridgehead atoms. The fourth-order valence-electron chi connectivity index (χ4n) is 2.70. The molecule has 0 fully saturated rings. The third kappa shape index (κ3) is 10.4. The number of aliphatic carboxylic acids is 1. The van der Waals surface area contributed by atoms with Crippen molar-refractivity contribution in [3.05, 3.63) is 59.7 Å². The van der Waals surface area contributed by atoms with Crippen molar-refractivity contribution < 1.29 is 32.6 Å². The van der Waals surface area contributed by atoms with Crippen LogP contribution in [0.4, 0.5) is 24.5 Å². The number of halogens is 3. The zero-order valence-corrected chi connectivity index (χ0v) is 18.1. The summed E-state index contributed by atoms with van der Waals surface area (Å²) >= 11 is 0. The highest BCUT2D eigenvalue weighted by Gasteiger charge is 2.38. The Hall–Kier alpha value is -3.76. The largest absolute Gasteiger partial charge is 0.490 e. The van der Waals surface area contributed by atoms with Gasteiger partial charge in [0.2, 0.25) is 0 Å². The minimum absolute atomic E-state index is 0.0416. The normalized spacial score (nSPS) is 10.5. The van der Waals surface area contributed by atoms with E-state index >= 15 is 0 Å². The molecule has 0 amide bonds. The number of hydrogen-bond acceptors (Lipinski definition) is 6. The summed E-state index contributed by atoms with van der Waals surface area (Å²) in [5, 5.41) is 14.8. The number of hydrogen-bond donors (Lipinski definition) is 4. The quantitative estimate of drug-likeness (QED) is 0.192. The molecule has 2 rings (SSSR count). The van der Waals surface area contributed by atoms with E-state index in [1.807, 2.05) is 48.5 Å². The molecule has 2 aromatic rings. The van der Waals surface area contributed by atoms with Crippen LogP contribution in [0.1, 0.15) is 24.0 Å². The van der Waals surface area contributed by atoms with E-state index in [4.69, 9.17) is 31.5 Å². The summed E-state index contributed by atoms with van der Waals surface area (Å²) in [5.41, 5.74) is 15.0. The van der Waals surface area contributed by atoms with Crippen molar-refractivity contribution >= 4 is 29.1 Å². The molecule has 2 aromatic carbocycles. The standard InChI is InChI=1S/C20H26N4O2.C2HF3O2/c1-26-19(25)6-3-12-24(13-11-15-7-9-17(21)10-8-15)18-5-2-4-16(14-18)20(22)23;3-2(4,5)1(6)7/h2,4-5,7-10,14H,3,6,11-13,21H2,1H3,(H3,22,23);(H,6,7). The van der Waals surface area contributed by atoms with Crippen LogP contribution < -0.4 is 16.4 Å². The van der Waals surface area contributed by atoms with E-state index in [0.717, 1.165) is 24.3 Å². The Morgan fingerprint density at radius 1 is 1.12 bits per heavy atom. The zero-order chi connectivity index (χ0) is 25.0. The summed E-state index contributed by atoms with van der Waals surface area (Å²) in [7, 11) is 1.40. The molecule has 11 heteroatoms. The van der Waals surface area contributed by atoms with Gasteiger partial charge in [-0.2, -0.15) is 13.2 Å². The van der Waals surface area contributed by atoms with E-state index in [1.165, 1.54) is 12.7 Å². The molecule has 0 atom stereocenters. The van der Waals surface area contributed by atoms with E-state index in [9.17, 15) is 18.0 Å². The number of benzene rings is 2. The molecule has 8 nitrogen and oxygen atoms in total. The van der Waals surface area contributed by atoms with Crippen LogP contribution in [-0.4, -0.2) is 49.3 Å². The van der Waals surface area contributed by atoms with Crippen LogP contribution in [0, 0.1) is 5.41 Å². The Morgan fingerprint density at radius 2 is 1.73 bits per heavy atom. The number of carboxylic acids is 1. The van der Waals surface area contributed by atoms with Crippen LogP contribution in [0.5, 0.6) is 0 Å². The van der Waals surface area contributed by atoms with Gasteiger partial charge in [0.05, 0.1) is 7.11 Å². The van der Waals surface area contributed by atoms with Crippen molar-refractivity contribution in [1.82, 2.24) is 0 Å². The van der Waals surface area contributed by atoms with E-state index in [-0.39, 0.29) is 11.8 Å². The molecule has 6 N–H and O–H groups in total. The lowest BCUT2D eigenvalue weighted by Gasteiger charge is -2.25. The Balaban J connectivity index is 0.000000675. The molecular weight excluding hydrogens is 441 g/mol. The number of nitrogen functional groups attached to an aromatic ring is 2. The molecule has 0 aliphatic rings. The number of nitrogens with zero attached hydrogens (tertiary/aromatic N) is 1. The van der Waals surface area contributed by atoms with Crippen molar-refractivity contribution in [2.24, 2.45) is 5.73 Å².